The minimum atomic E-state index is -0.183. The molecule has 0 bridgehead atoms. The van der Waals surface area contributed by atoms with Crippen molar-refractivity contribution in [3.05, 3.63) is 68.3 Å². The molecule has 0 spiro atoms. The van der Waals surface area contributed by atoms with Gasteiger partial charge in [0.1, 0.15) is 12.3 Å². The summed E-state index contributed by atoms with van der Waals surface area (Å²) in [5.74, 6) is 0.201. The average Bonchev–Trinajstić information content (AvgIpc) is 2.80. The molecule has 0 aliphatic carbocycles. The molecular weight excluding hydrogens is 427 g/mol. The van der Waals surface area contributed by atoms with E-state index >= 15 is 0 Å². The summed E-state index contributed by atoms with van der Waals surface area (Å²) in [5.41, 5.74) is 2.06. The number of nitrogens with zero attached hydrogens (tertiary/aromatic N) is 2. The SMILES string of the molecule is CN1C(=O)/C(=C/c2cc(Cl)c(OCc3ccc(Cl)cc3)c(Cl)c2)N(C)C1=S. The van der Waals surface area contributed by atoms with Crippen LogP contribution in [0.5, 0.6) is 5.75 Å². The van der Waals surface area contributed by atoms with E-state index < -0.39 is 0 Å². The summed E-state index contributed by atoms with van der Waals surface area (Å²) in [6.45, 7) is 0.303. The molecule has 4 nitrogen and oxygen atoms in total. The Labute approximate surface area is 177 Å². The lowest BCUT2D eigenvalue weighted by atomic mass is 10.1. The minimum Gasteiger partial charge on any atom is -0.486 e. The topological polar surface area (TPSA) is 32.8 Å². The highest BCUT2D eigenvalue weighted by Crippen LogP contribution is 2.36. The summed E-state index contributed by atoms with van der Waals surface area (Å²) in [5, 5.41) is 1.80. The molecule has 1 heterocycles. The lowest BCUT2D eigenvalue weighted by Crippen LogP contribution is -2.26. The summed E-state index contributed by atoms with van der Waals surface area (Å²) < 4.78 is 5.76. The van der Waals surface area contributed by atoms with Crippen LogP contribution in [0.25, 0.3) is 6.08 Å². The van der Waals surface area contributed by atoms with Crippen molar-refractivity contribution in [2.75, 3.05) is 14.1 Å². The lowest BCUT2D eigenvalue weighted by molar-refractivity contribution is -0.121. The fourth-order valence-corrected chi connectivity index (χ4v) is 3.50. The van der Waals surface area contributed by atoms with Crippen molar-refractivity contribution >= 4 is 64.1 Å². The monoisotopic (exact) mass is 440 g/mol. The second-order valence-corrected chi connectivity index (χ2v) is 7.58. The Hall–Kier alpha value is -1.79. The third-order valence-corrected chi connectivity index (χ3v) is 5.44. The Balaban J connectivity index is 1.83. The van der Waals surface area contributed by atoms with Gasteiger partial charge in [-0.1, -0.05) is 46.9 Å². The van der Waals surface area contributed by atoms with Gasteiger partial charge in [0.25, 0.3) is 5.91 Å². The third-order valence-electron chi connectivity index (χ3n) is 4.08. The molecule has 1 aliphatic heterocycles. The average molecular weight is 442 g/mol. The fraction of sp³-hybridized carbons (Fsp3) is 0.158. The van der Waals surface area contributed by atoms with Gasteiger partial charge in [0.05, 0.1) is 10.0 Å². The summed E-state index contributed by atoms with van der Waals surface area (Å²) in [6, 6.07) is 10.7. The maximum Gasteiger partial charge on any atom is 0.276 e. The molecular formula is C19H15Cl3N2O2S. The first-order chi connectivity index (χ1) is 12.8. The van der Waals surface area contributed by atoms with E-state index in [1.54, 1.807) is 49.3 Å². The van der Waals surface area contributed by atoms with Gasteiger partial charge in [-0.15, -0.1) is 0 Å². The molecule has 0 unspecified atom stereocenters. The van der Waals surface area contributed by atoms with Gasteiger partial charge in [0, 0.05) is 19.1 Å². The van der Waals surface area contributed by atoms with E-state index in [-0.39, 0.29) is 5.91 Å². The van der Waals surface area contributed by atoms with Gasteiger partial charge < -0.3 is 9.64 Å². The van der Waals surface area contributed by atoms with Crippen LogP contribution < -0.4 is 4.74 Å². The Morgan fingerprint density at radius 1 is 1.04 bits per heavy atom. The Kier molecular flexibility index (Phi) is 5.96. The molecule has 27 heavy (non-hydrogen) atoms. The van der Waals surface area contributed by atoms with Crippen LogP contribution in [0.2, 0.25) is 15.1 Å². The number of carbonyl (C=O) groups is 1. The van der Waals surface area contributed by atoms with E-state index in [0.717, 1.165) is 5.56 Å². The van der Waals surface area contributed by atoms with E-state index in [2.05, 4.69) is 0 Å². The van der Waals surface area contributed by atoms with Crippen LogP contribution in [0.4, 0.5) is 0 Å². The molecule has 0 N–H and O–H groups in total. The molecule has 0 radical (unpaired) electrons. The highest BCUT2D eigenvalue weighted by molar-refractivity contribution is 7.80. The number of hydrogen-bond donors (Lipinski definition) is 0. The second-order valence-electron chi connectivity index (χ2n) is 5.96. The fourth-order valence-electron chi connectivity index (χ4n) is 2.58. The summed E-state index contributed by atoms with van der Waals surface area (Å²) >= 11 is 23.8. The van der Waals surface area contributed by atoms with Crippen molar-refractivity contribution in [3.63, 3.8) is 0 Å². The van der Waals surface area contributed by atoms with E-state index in [1.807, 2.05) is 12.1 Å². The maximum atomic E-state index is 12.3. The lowest BCUT2D eigenvalue weighted by Gasteiger charge is -2.13. The van der Waals surface area contributed by atoms with Crippen molar-refractivity contribution in [3.8, 4) is 5.75 Å². The summed E-state index contributed by atoms with van der Waals surface area (Å²) in [4.78, 5) is 15.3. The number of carbonyl (C=O) groups excluding carboxylic acids is 1. The van der Waals surface area contributed by atoms with E-state index in [9.17, 15) is 4.79 Å². The largest absolute Gasteiger partial charge is 0.486 e. The van der Waals surface area contributed by atoms with Crippen molar-refractivity contribution in [2.45, 2.75) is 6.61 Å². The first-order valence-electron chi connectivity index (χ1n) is 7.91. The van der Waals surface area contributed by atoms with Gasteiger partial charge in [-0.2, -0.15) is 0 Å². The normalized spacial score (nSPS) is 15.8. The molecule has 1 saturated heterocycles. The summed E-state index contributed by atoms with van der Waals surface area (Å²) in [7, 11) is 3.37. The molecule has 0 aromatic heterocycles. The van der Waals surface area contributed by atoms with Crippen molar-refractivity contribution in [2.24, 2.45) is 0 Å². The highest BCUT2D eigenvalue weighted by atomic mass is 35.5. The second kappa shape index (κ2) is 8.07. The molecule has 1 aliphatic rings. The van der Waals surface area contributed by atoms with Gasteiger partial charge in [0.15, 0.2) is 10.9 Å². The maximum absolute atomic E-state index is 12.3. The Morgan fingerprint density at radius 2 is 1.63 bits per heavy atom. The molecule has 140 valence electrons. The first-order valence-corrected chi connectivity index (χ1v) is 9.46. The summed E-state index contributed by atoms with van der Waals surface area (Å²) in [6.07, 6.45) is 1.69. The van der Waals surface area contributed by atoms with Crippen LogP contribution >= 0.6 is 47.0 Å². The van der Waals surface area contributed by atoms with Gasteiger partial charge in [-0.25, -0.2) is 0 Å². The van der Waals surface area contributed by atoms with Crippen LogP contribution in [-0.4, -0.2) is 34.9 Å². The van der Waals surface area contributed by atoms with Gasteiger partial charge in [-0.05, 0) is 53.7 Å². The number of likely N-dealkylation sites (N-methyl/N-ethyl adjacent to an activating group) is 2. The standard InChI is InChI=1S/C19H15Cl3N2O2S/c1-23-16(18(25)24(2)19(23)27)9-12-7-14(21)17(15(22)8-12)26-10-11-3-5-13(20)6-4-11/h3-9H,10H2,1-2H3/b16-9-. The molecule has 2 aromatic carbocycles. The van der Waals surface area contributed by atoms with Gasteiger partial charge in [0.2, 0.25) is 0 Å². The molecule has 3 rings (SSSR count). The van der Waals surface area contributed by atoms with Crippen molar-refractivity contribution < 1.29 is 9.53 Å². The van der Waals surface area contributed by atoms with Gasteiger partial charge in [-0.3, -0.25) is 9.69 Å². The zero-order valence-corrected chi connectivity index (χ0v) is 17.6. The van der Waals surface area contributed by atoms with Crippen LogP contribution in [0.3, 0.4) is 0 Å². The molecule has 1 amide bonds. The predicted octanol–water partition coefficient (Wildman–Crippen LogP) is 5.26. The smallest absolute Gasteiger partial charge is 0.276 e. The number of benzene rings is 2. The quantitative estimate of drug-likeness (QED) is 0.479. The van der Waals surface area contributed by atoms with Crippen molar-refractivity contribution in [1.82, 2.24) is 9.80 Å². The van der Waals surface area contributed by atoms with E-state index in [4.69, 9.17) is 51.8 Å². The number of ether oxygens (including phenoxy) is 1. The molecule has 1 fully saturated rings. The third kappa shape index (κ3) is 4.22. The van der Waals surface area contributed by atoms with Gasteiger partial charge >= 0.3 is 0 Å². The molecule has 2 aromatic rings. The zero-order valence-electron chi connectivity index (χ0n) is 14.5. The van der Waals surface area contributed by atoms with Crippen LogP contribution in [0, 0.1) is 0 Å². The molecule has 0 saturated carbocycles. The Morgan fingerprint density at radius 3 is 2.15 bits per heavy atom. The van der Waals surface area contributed by atoms with Crippen LogP contribution in [0.1, 0.15) is 11.1 Å². The number of hydrogen-bond acceptors (Lipinski definition) is 3. The predicted molar refractivity (Wildman–Crippen MR) is 113 cm³/mol. The number of rotatable bonds is 4. The zero-order chi connectivity index (χ0) is 19.7. The molecule has 0 atom stereocenters. The minimum absolute atomic E-state index is 0.183. The number of halogens is 3. The van der Waals surface area contributed by atoms with Crippen LogP contribution in [-0.2, 0) is 11.4 Å². The van der Waals surface area contributed by atoms with Crippen LogP contribution in [0.15, 0.2) is 42.1 Å². The number of amides is 1. The highest BCUT2D eigenvalue weighted by Gasteiger charge is 2.32. The van der Waals surface area contributed by atoms with Crippen molar-refractivity contribution in [1.29, 1.82) is 0 Å². The number of thiocarbonyl (C=S) groups is 1. The van der Waals surface area contributed by atoms with E-state index in [1.165, 1.54) is 4.90 Å². The Bertz CT molecular complexity index is 921. The van der Waals surface area contributed by atoms with E-state index in [0.29, 0.717) is 43.8 Å². The first kappa shape index (κ1) is 20.0. The molecule has 8 heteroatoms.